The molecule has 21 heavy (non-hydrogen) atoms. The molecule has 0 aliphatic rings. The molecule has 3 nitrogen and oxygen atoms in total. The molecule has 2 rings (SSSR count). The molecule has 4 heteroatoms. The molecule has 2 aromatic carbocycles. The number of aliphatic hydroxyl groups is 1. The van der Waals surface area contributed by atoms with Crippen LogP contribution in [0.3, 0.4) is 0 Å². The lowest BCUT2D eigenvalue weighted by atomic mass is 10.0. The fourth-order valence-electron chi connectivity index (χ4n) is 2.12. The second-order valence-corrected chi connectivity index (χ2v) is 5.27. The molecule has 0 unspecified atom stereocenters. The molecule has 0 heterocycles. The molecule has 0 radical (unpaired) electrons. The highest BCUT2D eigenvalue weighted by Gasteiger charge is 2.06. The zero-order valence-electron chi connectivity index (χ0n) is 11.7. The van der Waals surface area contributed by atoms with Gasteiger partial charge in [0.05, 0.1) is 13.0 Å². The Balaban J connectivity index is 1.81. The normalized spacial score (nSPS) is 10.4. The summed E-state index contributed by atoms with van der Waals surface area (Å²) in [5.74, 6) is -0.0372. The summed E-state index contributed by atoms with van der Waals surface area (Å²) in [5.41, 5.74) is 2.80. The SMILES string of the molecule is O=C(Cc1ccccc1CO)NCCc1ccc(Cl)cc1. The van der Waals surface area contributed by atoms with E-state index in [-0.39, 0.29) is 18.9 Å². The molecule has 0 aliphatic heterocycles. The van der Waals surface area contributed by atoms with Crippen molar-refractivity contribution >= 4 is 17.5 Å². The average Bonchev–Trinajstić information content (AvgIpc) is 2.50. The van der Waals surface area contributed by atoms with Crippen LogP contribution in [0, 0.1) is 0 Å². The summed E-state index contributed by atoms with van der Waals surface area (Å²) < 4.78 is 0. The number of aliphatic hydroxyl groups excluding tert-OH is 1. The largest absolute Gasteiger partial charge is 0.392 e. The summed E-state index contributed by atoms with van der Waals surface area (Å²) in [6.07, 6.45) is 1.06. The van der Waals surface area contributed by atoms with Crippen molar-refractivity contribution in [3.63, 3.8) is 0 Å². The summed E-state index contributed by atoms with van der Waals surface area (Å²) in [4.78, 5) is 11.9. The molecule has 0 spiro atoms. The number of hydrogen-bond acceptors (Lipinski definition) is 2. The molecule has 110 valence electrons. The Kier molecular flexibility index (Phi) is 5.78. The van der Waals surface area contributed by atoms with Gasteiger partial charge in [-0.05, 0) is 35.2 Å². The van der Waals surface area contributed by atoms with Gasteiger partial charge in [0.25, 0.3) is 0 Å². The number of carbonyl (C=O) groups is 1. The van der Waals surface area contributed by atoms with Gasteiger partial charge in [-0.15, -0.1) is 0 Å². The molecule has 1 amide bonds. The molecule has 0 bridgehead atoms. The average molecular weight is 304 g/mol. The third-order valence-electron chi connectivity index (χ3n) is 3.29. The Morgan fingerprint density at radius 3 is 2.38 bits per heavy atom. The summed E-state index contributed by atoms with van der Waals surface area (Å²) >= 11 is 5.82. The van der Waals surface area contributed by atoms with Crippen LogP contribution >= 0.6 is 11.6 Å². The topological polar surface area (TPSA) is 49.3 Å². The summed E-state index contributed by atoms with van der Waals surface area (Å²) in [6, 6.07) is 15.0. The first-order chi connectivity index (χ1) is 10.2. The minimum atomic E-state index is -0.0474. The van der Waals surface area contributed by atoms with Crippen LogP contribution < -0.4 is 5.32 Å². The molecule has 0 fully saturated rings. The number of hydrogen-bond donors (Lipinski definition) is 2. The van der Waals surface area contributed by atoms with E-state index in [1.54, 1.807) is 0 Å². The maximum absolute atomic E-state index is 11.9. The lowest BCUT2D eigenvalue weighted by Gasteiger charge is -2.08. The molecule has 0 aliphatic carbocycles. The first kappa shape index (κ1) is 15.5. The molecule has 0 aromatic heterocycles. The highest BCUT2D eigenvalue weighted by molar-refractivity contribution is 6.30. The summed E-state index contributed by atoms with van der Waals surface area (Å²) in [7, 11) is 0. The number of halogens is 1. The van der Waals surface area contributed by atoms with Crippen molar-refractivity contribution in [1.29, 1.82) is 0 Å². The third-order valence-corrected chi connectivity index (χ3v) is 3.54. The van der Waals surface area contributed by atoms with Crippen LogP contribution in [0.2, 0.25) is 5.02 Å². The van der Waals surface area contributed by atoms with E-state index < -0.39 is 0 Å². The van der Waals surface area contributed by atoms with Gasteiger partial charge in [0.2, 0.25) is 5.91 Å². The van der Waals surface area contributed by atoms with E-state index in [1.807, 2.05) is 48.5 Å². The Labute approximate surface area is 129 Å². The maximum atomic E-state index is 11.9. The molecule has 0 atom stereocenters. The van der Waals surface area contributed by atoms with Crippen LogP contribution in [-0.4, -0.2) is 17.6 Å². The van der Waals surface area contributed by atoms with E-state index in [0.29, 0.717) is 11.6 Å². The van der Waals surface area contributed by atoms with Crippen molar-refractivity contribution in [2.24, 2.45) is 0 Å². The fourth-order valence-corrected chi connectivity index (χ4v) is 2.24. The zero-order valence-corrected chi connectivity index (χ0v) is 12.4. The smallest absolute Gasteiger partial charge is 0.224 e. The quantitative estimate of drug-likeness (QED) is 0.862. The van der Waals surface area contributed by atoms with Crippen LogP contribution in [0.5, 0.6) is 0 Å². The van der Waals surface area contributed by atoms with Crippen molar-refractivity contribution in [2.45, 2.75) is 19.4 Å². The second-order valence-electron chi connectivity index (χ2n) is 4.83. The maximum Gasteiger partial charge on any atom is 0.224 e. The Morgan fingerprint density at radius 1 is 1.05 bits per heavy atom. The predicted molar refractivity (Wildman–Crippen MR) is 84.2 cm³/mol. The van der Waals surface area contributed by atoms with E-state index in [1.165, 1.54) is 0 Å². The monoisotopic (exact) mass is 303 g/mol. The Hall–Kier alpha value is -1.84. The van der Waals surface area contributed by atoms with Crippen LogP contribution in [0.15, 0.2) is 48.5 Å². The molecular weight excluding hydrogens is 286 g/mol. The van der Waals surface area contributed by atoms with Crippen molar-refractivity contribution in [3.05, 3.63) is 70.2 Å². The van der Waals surface area contributed by atoms with E-state index in [4.69, 9.17) is 11.6 Å². The molecule has 0 saturated carbocycles. The Bertz CT molecular complexity index is 596. The highest BCUT2D eigenvalue weighted by Crippen LogP contribution is 2.10. The van der Waals surface area contributed by atoms with Crippen molar-refractivity contribution in [1.82, 2.24) is 5.32 Å². The lowest BCUT2D eigenvalue weighted by molar-refractivity contribution is -0.120. The van der Waals surface area contributed by atoms with Crippen LogP contribution in [0.1, 0.15) is 16.7 Å². The van der Waals surface area contributed by atoms with Crippen LogP contribution in [0.25, 0.3) is 0 Å². The van der Waals surface area contributed by atoms with Gasteiger partial charge in [0.1, 0.15) is 0 Å². The number of carbonyl (C=O) groups excluding carboxylic acids is 1. The van der Waals surface area contributed by atoms with E-state index in [2.05, 4.69) is 5.32 Å². The van der Waals surface area contributed by atoms with E-state index in [0.717, 1.165) is 23.1 Å². The highest BCUT2D eigenvalue weighted by atomic mass is 35.5. The van der Waals surface area contributed by atoms with E-state index in [9.17, 15) is 9.90 Å². The van der Waals surface area contributed by atoms with Gasteiger partial charge >= 0.3 is 0 Å². The van der Waals surface area contributed by atoms with Gasteiger partial charge in [-0.3, -0.25) is 4.79 Å². The van der Waals surface area contributed by atoms with Gasteiger partial charge in [-0.25, -0.2) is 0 Å². The number of nitrogens with one attached hydrogen (secondary N) is 1. The lowest BCUT2D eigenvalue weighted by Crippen LogP contribution is -2.27. The number of amides is 1. The molecule has 2 N–H and O–H groups in total. The van der Waals surface area contributed by atoms with Gasteiger partial charge in [-0.2, -0.15) is 0 Å². The number of benzene rings is 2. The van der Waals surface area contributed by atoms with Gasteiger partial charge in [-0.1, -0.05) is 48.0 Å². The summed E-state index contributed by atoms with van der Waals surface area (Å²) in [6.45, 7) is 0.538. The third kappa shape index (κ3) is 4.88. The van der Waals surface area contributed by atoms with Crippen molar-refractivity contribution < 1.29 is 9.90 Å². The molecular formula is C17H18ClNO2. The molecule has 0 saturated heterocycles. The Morgan fingerprint density at radius 2 is 1.71 bits per heavy atom. The van der Waals surface area contributed by atoms with Gasteiger partial charge in [0.15, 0.2) is 0 Å². The first-order valence-corrected chi connectivity index (χ1v) is 7.25. The van der Waals surface area contributed by atoms with Gasteiger partial charge in [0, 0.05) is 11.6 Å². The molecule has 2 aromatic rings. The van der Waals surface area contributed by atoms with Crippen molar-refractivity contribution in [2.75, 3.05) is 6.54 Å². The van der Waals surface area contributed by atoms with Crippen molar-refractivity contribution in [3.8, 4) is 0 Å². The predicted octanol–water partition coefficient (Wildman–Crippen LogP) is 2.73. The van der Waals surface area contributed by atoms with Crippen LogP contribution in [-0.2, 0) is 24.2 Å². The minimum absolute atomic E-state index is 0.0372. The second kappa shape index (κ2) is 7.81. The zero-order chi connectivity index (χ0) is 15.1. The fraction of sp³-hybridized carbons (Fsp3) is 0.235. The summed E-state index contributed by atoms with van der Waals surface area (Å²) in [5, 5.41) is 12.8. The minimum Gasteiger partial charge on any atom is -0.392 e. The van der Waals surface area contributed by atoms with Crippen LogP contribution in [0.4, 0.5) is 0 Å². The number of rotatable bonds is 6. The standard InChI is InChI=1S/C17H18ClNO2/c18-16-7-5-13(6-8-16)9-10-19-17(21)11-14-3-1-2-4-15(14)12-20/h1-8,20H,9-12H2,(H,19,21). The van der Waals surface area contributed by atoms with Gasteiger partial charge < -0.3 is 10.4 Å². The van der Waals surface area contributed by atoms with E-state index >= 15 is 0 Å². The first-order valence-electron chi connectivity index (χ1n) is 6.88.